The number of nitrogens with zero attached hydrogens (tertiary/aromatic N) is 1. The Morgan fingerprint density at radius 3 is 2.41 bits per heavy atom. The van der Waals surface area contributed by atoms with E-state index in [0.717, 1.165) is 30.3 Å². The summed E-state index contributed by atoms with van der Waals surface area (Å²) < 4.78 is 28.9. The zero-order chi connectivity index (χ0) is 19.0. The molecule has 144 valence electrons. The lowest BCUT2D eigenvalue weighted by atomic mass is 10.0. The number of methoxy groups -OCH3 is 1. The number of ether oxygens (including phenoxy) is 1. The number of piperazine rings is 1. The maximum Gasteiger partial charge on any atom is 0.258 e. The molecule has 0 saturated carbocycles. The first-order chi connectivity index (χ1) is 13.0. The molecule has 1 atom stereocenters. The molecule has 0 spiro atoms. The number of hydrogen-bond donors (Lipinski definition) is 1. The van der Waals surface area contributed by atoms with Crippen LogP contribution < -0.4 is 9.64 Å². The summed E-state index contributed by atoms with van der Waals surface area (Å²) in [6.45, 7) is 2.87. The highest BCUT2D eigenvalue weighted by atomic mass is 32.2. The van der Waals surface area contributed by atoms with Gasteiger partial charge in [-0.1, -0.05) is 24.3 Å². The van der Waals surface area contributed by atoms with E-state index in [9.17, 15) is 13.2 Å². The lowest BCUT2D eigenvalue weighted by Crippen LogP contribution is -3.18. The average Bonchev–Trinajstić information content (AvgIpc) is 3.06. The van der Waals surface area contributed by atoms with Gasteiger partial charge in [-0.25, -0.2) is 8.42 Å². The van der Waals surface area contributed by atoms with E-state index in [2.05, 4.69) is 0 Å². The predicted molar refractivity (Wildman–Crippen MR) is 104 cm³/mol. The second-order valence-electron chi connectivity index (χ2n) is 7.45. The number of carbonyl (C=O) groups excluding carboxylic acids is 1. The van der Waals surface area contributed by atoms with Crippen LogP contribution in [0.2, 0.25) is 0 Å². The minimum Gasteiger partial charge on any atom is -0.496 e. The molecular formula is C20H25N2O4S+. The molecule has 6 nitrogen and oxygen atoms in total. The highest BCUT2D eigenvalue weighted by Crippen LogP contribution is 2.27. The number of nitrogens with one attached hydrogen (secondary N) is 1. The van der Waals surface area contributed by atoms with E-state index in [4.69, 9.17) is 4.74 Å². The highest BCUT2D eigenvalue weighted by Gasteiger charge is 2.37. The van der Waals surface area contributed by atoms with E-state index in [1.165, 1.54) is 4.90 Å². The van der Waals surface area contributed by atoms with Crippen LogP contribution >= 0.6 is 0 Å². The number of benzene rings is 2. The maximum absolute atomic E-state index is 13.1. The van der Waals surface area contributed by atoms with E-state index < -0.39 is 9.84 Å². The van der Waals surface area contributed by atoms with Crippen LogP contribution in [0.5, 0.6) is 5.75 Å². The standard InChI is InChI=1S/C20H24N2O4S/c1-26-19-13-16-5-3-2-4-15(16)12-18(19)20(23)22-9-7-21(8-10-22)17-6-11-27(24,25)14-17/h2-5,12-13,17H,6-11,14H2,1H3/p+1/t17-/m1/s1. The fourth-order valence-electron chi connectivity index (χ4n) is 4.25. The molecule has 0 bridgehead atoms. The molecule has 2 heterocycles. The number of amides is 1. The molecule has 2 aromatic rings. The molecule has 2 aliphatic heterocycles. The minimum atomic E-state index is -2.87. The monoisotopic (exact) mass is 389 g/mol. The van der Waals surface area contributed by atoms with Gasteiger partial charge in [-0.3, -0.25) is 4.79 Å². The van der Waals surface area contributed by atoms with E-state index in [1.807, 2.05) is 41.3 Å². The van der Waals surface area contributed by atoms with Gasteiger partial charge in [-0.2, -0.15) is 0 Å². The fourth-order valence-corrected chi connectivity index (χ4v) is 6.07. The molecule has 2 saturated heterocycles. The molecule has 0 unspecified atom stereocenters. The normalized spacial score (nSPS) is 22.9. The smallest absolute Gasteiger partial charge is 0.258 e. The third-order valence-electron chi connectivity index (χ3n) is 5.80. The van der Waals surface area contributed by atoms with Gasteiger partial charge in [0.1, 0.15) is 17.5 Å². The molecule has 2 aliphatic rings. The van der Waals surface area contributed by atoms with E-state index >= 15 is 0 Å². The van der Waals surface area contributed by atoms with Crippen molar-refractivity contribution in [2.75, 3.05) is 44.8 Å². The quantitative estimate of drug-likeness (QED) is 0.824. The Morgan fingerprint density at radius 1 is 1.15 bits per heavy atom. The summed E-state index contributed by atoms with van der Waals surface area (Å²) in [5.74, 6) is 1.17. The summed E-state index contributed by atoms with van der Waals surface area (Å²) in [5, 5.41) is 2.06. The zero-order valence-electron chi connectivity index (χ0n) is 15.5. The van der Waals surface area contributed by atoms with Crippen molar-refractivity contribution in [3.8, 4) is 5.75 Å². The topological polar surface area (TPSA) is 68.1 Å². The van der Waals surface area contributed by atoms with Crippen molar-refractivity contribution in [1.29, 1.82) is 0 Å². The lowest BCUT2D eigenvalue weighted by Gasteiger charge is -2.35. The number of fused-ring (bicyclic) bond motifs is 1. The molecule has 2 aromatic carbocycles. The van der Waals surface area contributed by atoms with Gasteiger partial charge in [0.2, 0.25) is 0 Å². The molecule has 7 heteroatoms. The maximum atomic E-state index is 13.1. The second-order valence-corrected chi connectivity index (χ2v) is 9.68. The summed E-state index contributed by atoms with van der Waals surface area (Å²) in [4.78, 5) is 16.3. The van der Waals surface area contributed by atoms with Crippen LogP contribution in [0.3, 0.4) is 0 Å². The number of quaternary nitrogens is 1. The van der Waals surface area contributed by atoms with Crippen molar-refractivity contribution in [3.05, 3.63) is 42.0 Å². The molecule has 4 rings (SSSR count). The Kier molecular flexibility index (Phi) is 4.82. The molecule has 0 radical (unpaired) electrons. The van der Waals surface area contributed by atoms with Gasteiger partial charge in [0.15, 0.2) is 9.84 Å². The van der Waals surface area contributed by atoms with Gasteiger partial charge in [0.25, 0.3) is 5.91 Å². The van der Waals surface area contributed by atoms with E-state index in [1.54, 1.807) is 7.11 Å². The third-order valence-corrected chi connectivity index (χ3v) is 7.57. The number of rotatable bonds is 3. The Balaban J connectivity index is 1.49. The molecule has 0 aromatic heterocycles. The van der Waals surface area contributed by atoms with Crippen LogP contribution in [0.15, 0.2) is 36.4 Å². The first kappa shape index (κ1) is 18.3. The van der Waals surface area contributed by atoms with Crippen molar-refractivity contribution in [3.63, 3.8) is 0 Å². The average molecular weight is 389 g/mol. The second kappa shape index (κ2) is 7.13. The van der Waals surface area contributed by atoms with Crippen LogP contribution in [0.25, 0.3) is 10.8 Å². The van der Waals surface area contributed by atoms with Crippen LogP contribution in [0, 0.1) is 0 Å². The molecule has 2 fully saturated rings. The fraction of sp³-hybridized carbons (Fsp3) is 0.450. The Morgan fingerprint density at radius 2 is 1.81 bits per heavy atom. The van der Waals surface area contributed by atoms with Crippen molar-refractivity contribution >= 4 is 26.5 Å². The Hall–Kier alpha value is -2.12. The summed E-state index contributed by atoms with van der Waals surface area (Å²) in [5.41, 5.74) is 0.586. The van der Waals surface area contributed by atoms with Gasteiger partial charge < -0.3 is 14.5 Å². The number of hydrogen-bond acceptors (Lipinski definition) is 4. The van der Waals surface area contributed by atoms with Crippen LogP contribution in [-0.2, 0) is 9.84 Å². The number of carbonyl (C=O) groups is 1. The Bertz CT molecular complexity index is 965. The predicted octanol–water partition coefficient (Wildman–Crippen LogP) is 0.376. The number of sulfone groups is 1. The molecule has 27 heavy (non-hydrogen) atoms. The summed E-state index contributed by atoms with van der Waals surface area (Å²) in [7, 11) is -1.28. The first-order valence-corrected chi connectivity index (χ1v) is 11.2. The van der Waals surface area contributed by atoms with Gasteiger partial charge >= 0.3 is 0 Å². The first-order valence-electron chi connectivity index (χ1n) is 9.38. The van der Waals surface area contributed by atoms with Crippen LogP contribution in [0.4, 0.5) is 0 Å². The van der Waals surface area contributed by atoms with Gasteiger partial charge in [-0.05, 0) is 22.9 Å². The molecule has 1 N–H and O–H groups in total. The SMILES string of the molecule is COc1cc2ccccc2cc1C(=O)N1CC[NH+]([C@@H]2CCS(=O)(=O)C2)CC1. The van der Waals surface area contributed by atoms with E-state index in [0.29, 0.717) is 30.2 Å². The summed E-state index contributed by atoms with van der Waals surface area (Å²) in [6, 6.07) is 11.9. The summed E-state index contributed by atoms with van der Waals surface area (Å²) >= 11 is 0. The van der Waals surface area contributed by atoms with Gasteiger partial charge in [0, 0.05) is 6.42 Å². The lowest BCUT2D eigenvalue weighted by molar-refractivity contribution is -0.925. The molecular weight excluding hydrogens is 364 g/mol. The highest BCUT2D eigenvalue weighted by molar-refractivity contribution is 7.91. The van der Waals surface area contributed by atoms with Crippen molar-refractivity contribution in [1.82, 2.24) is 4.90 Å². The van der Waals surface area contributed by atoms with Crippen molar-refractivity contribution in [2.24, 2.45) is 0 Å². The van der Waals surface area contributed by atoms with Crippen LogP contribution in [-0.4, -0.2) is 70.1 Å². The van der Waals surface area contributed by atoms with E-state index in [-0.39, 0.29) is 17.7 Å². The van der Waals surface area contributed by atoms with Gasteiger partial charge in [-0.15, -0.1) is 0 Å². The Labute approximate surface area is 159 Å². The minimum absolute atomic E-state index is 0.0179. The molecule has 1 amide bonds. The third kappa shape index (κ3) is 3.66. The summed E-state index contributed by atoms with van der Waals surface area (Å²) in [6.07, 6.45) is 0.740. The zero-order valence-corrected chi connectivity index (χ0v) is 16.3. The largest absolute Gasteiger partial charge is 0.496 e. The molecule has 0 aliphatic carbocycles. The van der Waals surface area contributed by atoms with Crippen molar-refractivity contribution in [2.45, 2.75) is 12.5 Å². The van der Waals surface area contributed by atoms with Crippen LogP contribution in [0.1, 0.15) is 16.8 Å². The van der Waals surface area contributed by atoms with Crippen molar-refractivity contribution < 1.29 is 22.8 Å². The van der Waals surface area contributed by atoms with Gasteiger partial charge in [0.05, 0.1) is 44.6 Å².